The SMILES string of the molecule is CC(Cc1cccc(O)c1)NCC(F)(F)CO[Si](c1ccccc1)(c1ccccc1)C(C)(C)C. The standard InChI is InChI=1S/C28H35F2NO2Si/c1-22(18-23-12-11-13-24(32)19-23)31-20-28(29,30)21-33-34(27(2,3)4,25-14-7-5-8-15-25)26-16-9-6-10-17-26/h5-17,19,22,31-32H,18,20-21H2,1-4H3. The topological polar surface area (TPSA) is 41.5 Å². The zero-order valence-corrected chi connectivity index (χ0v) is 21.4. The van der Waals surface area contributed by atoms with Crippen LogP contribution in [0.1, 0.15) is 33.3 Å². The van der Waals surface area contributed by atoms with Gasteiger partial charge in [-0.2, -0.15) is 0 Å². The van der Waals surface area contributed by atoms with Crippen LogP contribution in [0, 0.1) is 0 Å². The molecule has 3 aromatic carbocycles. The molecule has 2 N–H and O–H groups in total. The summed E-state index contributed by atoms with van der Waals surface area (Å²) in [5, 5.41) is 14.2. The van der Waals surface area contributed by atoms with E-state index in [0.717, 1.165) is 15.9 Å². The van der Waals surface area contributed by atoms with E-state index in [1.54, 1.807) is 18.2 Å². The van der Waals surface area contributed by atoms with Gasteiger partial charge in [-0.15, -0.1) is 0 Å². The third kappa shape index (κ3) is 6.32. The summed E-state index contributed by atoms with van der Waals surface area (Å²) < 4.78 is 36.7. The van der Waals surface area contributed by atoms with E-state index >= 15 is 8.78 Å². The van der Waals surface area contributed by atoms with Crippen LogP contribution in [0.25, 0.3) is 0 Å². The second kappa shape index (κ2) is 10.8. The molecule has 0 heterocycles. The average Bonchev–Trinajstić information content (AvgIpc) is 2.79. The Bertz CT molecular complexity index is 1000. The molecule has 6 heteroatoms. The van der Waals surface area contributed by atoms with Crippen LogP contribution in [0.3, 0.4) is 0 Å². The van der Waals surface area contributed by atoms with Gasteiger partial charge in [0.1, 0.15) is 5.75 Å². The van der Waals surface area contributed by atoms with E-state index in [1.165, 1.54) is 0 Å². The van der Waals surface area contributed by atoms with Crippen molar-refractivity contribution in [3.63, 3.8) is 0 Å². The highest BCUT2D eigenvalue weighted by atomic mass is 28.4. The second-order valence-electron chi connectivity index (χ2n) is 9.96. The molecule has 0 aliphatic rings. The average molecular weight is 484 g/mol. The summed E-state index contributed by atoms with van der Waals surface area (Å²) in [5.41, 5.74) is 0.895. The Morgan fingerprint density at radius 2 is 1.44 bits per heavy atom. The molecule has 0 aromatic heterocycles. The molecule has 3 nitrogen and oxygen atoms in total. The van der Waals surface area contributed by atoms with Crippen molar-refractivity contribution in [2.45, 2.75) is 51.1 Å². The molecular weight excluding hydrogens is 448 g/mol. The monoisotopic (exact) mass is 483 g/mol. The van der Waals surface area contributed by atoms with E-state index in [9.17, 15) is 5.11 Å². The van der Waals surface area contributed by atoms with Gasteiger partial charge in [-0.25, -0.2) is 8.78 Å². The minimum atomic E-state index is -3.04. The Kier molecular flexibility index (Phi) is 8.28. The van der Waals surface area contributed by atoms with Crippen LogP contribution in [0.5, 0.6) is 5.75 Å². The summed E-state index contributed by atoms with van der Waals surface area (Å²) in [6.07, 6.45) is 0.542. The van der Waals surface area contributed by atoms with E-state index in [1.807, 2.05) is 73.7 Å². The largest absolute Gasteiger partial charge is 0.508 e. The Morgan fingerprint density at radius 3 is 1.94 bits per heavy atom. The number of phenols is 1. The summed E-state index contributed by atoms with van der Waals surface area (Å²) in [7, 11) is -3.02. The Hall–Kier alpha value is -2.54. The molecule has 0 fully saturated rings. The van der Waals surface area contributed by atoms with Gasteiger partial charge in [-0.1, -0.05) is 93.6 Å². The summed E-state index contributed by atoms with van der Waals surface area (Å²) >= 11 is 0. The molecule has 0 bridgehead atoms. The van der Waals surface area contributed by atoms with E-state index in [0.29, 0.717) is 6.42 Å². The number of aromatic hydroxyl groups is 1. The van der Waals surface area contributed by atoms with Crippen molar-refractivity contribution < 1.29 is 18.3 Å². The van der Waals surface area contributed by atoms with Crippen LogP contribution >= 0.6 is 0 Å². The third-order valence-corrected chi connectivity index (χ3v) is 11.1. The van der Waals surface area contributed by atoms with Crippen molar-refractivity contribution in [3.05, 3.63) is 90.5 Å². The lowest BCUT2D eigenvalue weighted by atomic mass is 10.1. The Balaban J connectivity index is 1.77. The maximum atomic E-state index is 15.1. The van der Waals surface area contributed by atoms with Gasteiger partial charge in [0.25, 0.3) is 14.2 Å². The highest BCUT2D eigenvalue weighted by Gasteiger charge is 2.51. The van der Waals surface area contributed by atoms with Crippen molar-refractivity contribution >= 4 is 18.7 Å². The minimum absolute atomic E-state index is 0.175. The highest BCUT2D eigenvalue weighted by Crippen LogP contribution is 2.37. The van der Waals surface area contributed by atoms with Crippen LogP contribution in [0.2, 0.25) is 5.04 Å². The maximum absolute atomic E-state index is 15.1. The fourth-order valence-corrected chi connectivity index (χ4v) is 9.04. The lowest BCUT2D eigenvalue weighted by molar-refractivity contribution is -0.0433. The van der Waals surface area contributed by atoms with Crippen molar-refractivity contribution in [3.8, 4) is 5.75 Å². The third-order valence-electron chi connectivity index (χ3n) is 6.08. The highest BCUT2D eigenvalue weighted by molar-refractivity contribution is 6.99. The molecule has 0 aliphatic heterocycles. The summed E-state index contributed by atoms with van der Waals surface area (Å²) in [4.78, 5) is 0. The normalized spacial score (nSPS) is 13.6. The summed E-state index contributed by atoms with van der Waals surface area (Å²) in [6, 6.07) is 26.3. The van der Waals surface area contributed by atoms with Crippen molar-refractivity contribution in [1.29, 1.82) is 0 Å². The number of halogens is 2. The van der Waals surface area contributed by atoms with Crippen LogP contribution in [-0.2, 0) is 10.8 Å². The minimum Gasteiger partial charge on any atom is -0.508 e. The first-order valence-corrected chi connectivity index (χ1v) is 13.6. The van der Waals surface area contributed by atoms with Gasteiger partial charge in [-0.3, -0.25) is 0 Å². The molecule has 1 atom stereocenters. The lowest BCUT2D eigenvalue weighted by Crippen LogP contribution is -2.67. The number of alkyl halides is 2. The van der Waals surface area contributed by atoms with Gasteiger partial charge in [-0.05, 0) is 46.5 Å². The summed E-state index contributed by atoms with van der Waals surface area (Å²) in [6.45, 7) is 6.95. The zero-order valence-electron chi connectivity index (χ0n) is 20.4. The van der Waals surface area contributed by atoms with Crippen LogP contribution in [-0.4, -0.2) is 38.5 Å². The van der Waals surface area contributed by atoms with E-state index in [4.69, 9.17) is 4.43 Å². The first kappa shape index (κ1) is 26.1. The maximum Gasteiger partial charge on any atom is 0.281 e. The molecular formula is C28H35F2NO2Si. The summed E-state index contributed by atoms with van der Waals surface area (Å²) in [5.74, 6) is -2.87. The van der Waals surface area contributed by atoms with Crippen LogP contribution in [0.4, 0.5) is 8.78 Å². The lowest BCUT2D eigenvalue weighted by Gasteiger charge is -2.43. The number of phenolic OH excluding ortho intramolecular Hbond substituents is 1. The first-order chi connectivity index (χ1) is 16.0. The predicted molar refractivity (Wildman–Crippen MR) is 138 cm³/mol. The van der Waals surface area contributed by atoms with Gasteiger partial charge in [0.05, 0.1) is 13.2 Å². The molecule has 182 valence electrons. The van der Waals surface area contributed by atoms with Gasteiger partial charge < -0.3 is 14.8 Å². The van der Waals surface area contributed by atoms with Crippen LogP contribution < -0.4 is 15.7 Å². The van der Waals surface area contributed by atoms with E-state index in [2.05, 4.69) is 26.1 Å². The molecule has 3 rings (SSSR count). The van der Waals surface area contributed by atoms with Crippen molar-refractivity contribution in [2.24, 2.45) is 0 Å². The molecule has 0 saturated carbocycles. The second-order valence-corrected chi connectivity index (χ2v) is 14.3. The number of nitrogens with one attached hydrogen (secondary N) is 1. The number of hydrogen-bond donors (Lipinski definition) is 2. The fourth-order valence-electron chi connectivity index (χ4n) is 4.46. The Labute approximate surface area is 202 Å². The van der Waals surface area contributed by atoms with E-state index in [-0.39, 0.29) is 16.8 Å². The molecule has 0 saturated heterocycles. The quantitative estimate of drug-likeness (QED) is 0.393. The number of benzene rings is 3. The van der Waals surface area contributed by atoms with Crippen molar-refractivity contribution in [1.82, 2.24) is 5.32 Å². The first-order valence-electron chi connectivity index (χ1n) is 11.7. The number of rotatable bonds is 10. The molecule has 0 radical (unpaired) electrons. The van der Waals surface area contributed by atoms with Crippen LogP contribution in [0.15, 0.2) is 84.9 Å². The van der Waals surface area contributed by atoms with Gasteiger partial charge in [0.15, 0.2) is 0 Å². The molecule has 0 amide bonds. The predicted octanol–water partition coefficient (Wildman–Crippen LogP) is 5.12. The fraction of sp³-hybridized carbons (Fsp3) is 0.357. The molecule has 3 aromatic rings. The smallest absolute Gasteiger partial charge is 0.281 e. The van der Waals surface area contributed by atoms with Gasteiger partial charge >= 0.3 is 0 Å². The number of hydrogen-bond acceptors (Lipinski definition) is 3. The molecule has 0 aliphatic carbocycles. The molecule has 0 spiro atoms. The molecule has 1 unspecified atom stereocenters. The Morgan fingerprint density at radius 1 is 0.882 bits per heavy atom. The van der Waals surface area contributed by atoms with Gasteiger partial charge in [0.2, 0.25) is 0 Å². The van der Waals surface area contributed by atoms with Crippen molar-refractivity contribution in [2.75, 3.05) is 13.2 Å². The van der Waals surface area contributed by atoms with Gasteiger partial charge in [0, 0.05) is 6.04 Å². The zero-order chi connectivity index (χ0) is 24.8. The van der Waals surface area contributed by atoms with E-state index < -0.39 is 27.4 Å². The molecule has 34 heavy (non-hydrogen) atoms.